The molecular weight excluding hydrogens is 225 g/mol. The van der Waals surface area contributed by atoms with Crippen LogP contribution in [0, 0.1) is 0 Å². The molecule has 0 aromatic carbocycles. The Morgan fingerprint density at radius 1 is 1.64 bits per heavy atom. The molecule has 1 heterocycles. The highest BCUT2D eigenvalue weighted by atomic mass is 79.9. The zero-order chi connectivity index (χ0) is 8.27. The van der Waals surface area contributed by atoms with Crippen molar-refractivity contribution in [2.75, 3.05) is 5.88 Å². The Morgan fingerprint density at radius 2 is 2.36 bits per heavy atom. The molecule has 1 aromatic rings. The van der Waals surface area contributed by atoms with Crippen molar-refractivity contribution in [3.8, 4) is 0 Å². The Hall–Kier alpha value is -0.340. The molecule has 11 heavy (non-hydrogen) atoms. The summed E-state index contributed by atoms with van der Waals surface area (Å²) in [5.41, 5.74) is 1.88. The number of pyridine rings is 1. The lowest BCUT2D eigenvalue weighted by molar-refractivity contribution is 1.26. The van der Waals surface area contributed by atoms with Gasteiger partial charge in [0.05, 0.1) is 0 Å². The van der Waals surface area contributed by atoms with Gasteiger partial charge in [0, 0.05) is 12.1 Å². The first-order valence-corrected chi connectivity index (χ1v) is 4.42. The second-order valence-corrected chi connectivity index (χ2v) is 3.19. The second kappa shape index (κ2) is 3.88. The molecule has 0 amide bonds. The smallest absolute Gasteiger partial charge is 0.106 e. The third-order valence-corrected chi connectivity index (χ3v) is 2.09. The predicted octanol–water partition coefficient (Wildman–Crippen LogP) is 3.10. The molecule has 1 aromatic heterocycles. The van der Waals surface area contributed by atoms with E-state index >= 15 is 0 Å². The van der Waals surface area contributed by atoms with Gasteiger partial charge in [-0.25, -0.2) is 4.98 Å². The Balaban J connectivity index is 2.90. The summed E-state index contributed by atoms with van der Waals surface area (Å²) in [6, 6.07) is 3.80. The average Bonchev–Trinajstić information content (AvgIpc) is 2.05. The van der Waals surface area contributed by atoms with Crippen LogP contribution in [0.1, 0.15) is 5.56 Å². The molecule has 0 fully saturated rings. The van der Waals surface area contributed by atoms with Crippen LogP contribution in [0.15, 0.2) is 29.5 Å². The SMILES string of the molecule is C=C(CCl)c1ccc(Br)nc1. The zero-order valence-corrected chi connectivity index (χ0v) is 8.19. The van der Waals surface area contributed by atoms with Gasteiger partial charge in [0.15, 0.2) is 0 Å². The summed E-state index contributed by atoms with van der Waals surface area (Å²) in [6.07, 6.45) is 1.74. The molecule has 0 atom stereocenters. The lowest BCUT2D eigenvalue weighted by atomic mass is 10.2. The number of halogens is 2. The molecule has 0 aliphatic carbocycles. The minimum Gasteiger partial charge on any atom is -0.249 e. The first-order chi connectivity index (χ1) is 5.24. The summed E-state index contributed by atoms with van der Waals surface area (Å²) in [7, 11) is 0. The normalized spacial score (nSPS) is 9.64. The number of allylic oxidation sites excluding steroid dienone is 1. The van der Waals surface area contributed by atoms with Crippen LogP contribution in [0.5, 0.6) is 0 Å². The van der Waals surface area contributed by atoms with Crippen molar-refractivity contribution in [1.82, 2.24) is 4.98 Å². The predicted molar refractivity (Wildman–Crippen MR) is 51.7 cm³/mol. The summed E-state index contributed by atoms with van der Waals surface area (Å²) in [4.78, 5) is 4.05. The maximum absolute atomic E-state index is 5.59. The van der Waals surface area contributed by atoms with E-state index in [1.165, 1.54) is 0 Å². The Bertz CT molecular complexity index is 255. The van der Waals surface area contributed by atoms with E-state index in [0.717, 1.165) is 15.7 Å². The number of hydrogen-bond acceptors (Lipinski definition) is 1. The van der Waals surface area contributed by atoms with Crippen LogP contribution in [0.2, 0.25) is 0 Å². The molecule has 0 saturated carbocycles. The summed E-state index contributed by atoms with van der Waals surface area (Å²) in [6.45, 7) is 3.79. The molecule has 58 valence electrons. The van der Waals surface area contributed by atoms with Crippen LogP contribution in [0.3, 0.4) is 0 Å². The molecule has 3 heteroatoms. The average molecular weight is 233 g/mol. The highest BCUT2D eigenvalue weighted by Gasteiger charge is 1.96. The van der Waals surface area contributed by atoms with Crippen LogP contribution in [-0.4, -0.2) is 10.9 Å². The molecule has 0 unspecified atom stereocenters. The largest absolute Gasteiger partial charge is 0.249 e. The molecule has 1 rings (SSSR count). The fourth-order valence-electron chi connectivity index (χ4n) is 0.662. The number of nitrogens with zero attached hydrogens (tertiary/aromatic N) is 1. The van der Waals surface area contributed by atoms with Crippen molar-refractivity contribution in [3.63, 3.8) is 0 Å². The van der Waals surface area contributed by atoms with Gasteiger partial charge in [-0.3, -0.25) is 0 Å². The summed E-state index contributed by atoms with van der Waals surface area (Å²) in [5.74, 6) is 0.448. The highest BCUT2D eigenvalue weighted by Crippen LogP contribution is 2.14. The van der Waals surface area contributed by atoms with Gasteiger partial charge < -0.3 is 0 Å². The molecule has 0 bridgehead atoms. The highest BCUT2D eigenvalue weighted by molar-refractivity contribution is 9.10. The second-order valence-electron chi connectivity index (χ2n) is 2.11. The molecular formula is C8H7BrClN. The van der Waals surface area contributed by atoms with Crippen LogP contribution in [0.25, 0.3) is 5.57 Å². The van der Waals surface area contributed by atoms with E-state index in [2.05, 4.69) is 27.5 Å². The van der Waals surface area contributed by atoms with Gasteiger partial charge in [-0.05, 0) is 33.1 Å². The fraction of sp³-hybridized carbons (Fsp3) is 0.125. The van der Waals surface area contributed by atoms with E-state index < -0.39 is 0 Å². The van der Waals surface area contributed by atoms with Crippen LogP contribution in [-0.2, 0) is 0 Å². The van der Waals surface area contributed by atoms with Gasteiger partial charge >= 0.3 is 0 Å². The topological polar surface area (TPSA) is 12.9 Å². The van der Waals surface area contributed by atoms with Crippen molar-refractivity contribution in [3.05, 3.63) is 35.1 Å². The van der Waals surface area contributed by atoms with Gasteiger partial charge in [-0.1, -0.05) is 12.6 Å². The van der Waals surface area contributed by atoms with E-state index in [9.17, 15) is 0 Å². The minimum atomic E-state index is 0.448. The molecule has 0 aliphatic heterocycles. The molecule has 0 saturated heterocycles. The van der Waals surface area contributed by atoms with Crippen molar-refractivity contribution < 1.29 is 0 Å². The van der Waals surface area contributed by atoms with E-state index in [4.69, 9.17) is 11.6 Å². The van der Waals surface area contributed by atoms with Crippen molar-refractivity contribution in [1.29, 1.82) is 0 Å². The van der Waals surface area contributed by atoms with E-state index in [0.29, 0.717) is 5.88 Å². The van der Waals surface area contributed by atoms with Crippen LogP contribution >= 0.6 is 27.5 Å². The van der Waals surface area contributed by atoms with Gasteiger partial charge in [0.25, 0.3) is 0 Å². The molecule has 0 aliphatic rings. The Labute approximate surface area is 79.2 Å². The van der Waals surface area contributed by atoms with Crippen LogP contribution < -0.4 is 0 Å². The minimum absolute atomic E-state index is 0.448. The monoisotopic (exact) mass is 231 g/mol. The maximum Gasteiger partial charge on any atom is 0.106 e. The van der Waals surface area contributed by atoms with E-state index in [-0.39, 0.29) is 0 Å². The van der Waals surface area contributed by atoms with Crippen LogP contribution in [0.4, 0.5) is 0 Å². The first-order valence-electron chi connectivity index (χ1n) is 3.09. The molecule has 1 nitrogen and oxygen atoms in total. The van der Waals surface area contributed by atoms with E-state index in [1.54, 1.807) is 6.20 Å². The van der Waals surface area contributed by atoms with Gasteiger partial charge in [-0.15, -0.1) is 11.6 Å². The van der Waals surface area contributed by atoms with Gasteiger partial charge in [-0.2, -0.15) is 0 Å². The molecule has 0 spiro atoms. The third kappa shape index (κ3) is 2.31. The van der Waals surface area contributed by atoms with Crippen molar-refractivity contribution in [2.45, 2.75) is 0 Å². The third-order valence-electron chi connectivity index (χ3n) is 1.30. The quantitative estimate of drug-likeness (QED) is 0.564. The number of aromatic nitrogens is 1. The maximum atomic E-state index is 5.59. The van der Waals surface area contributed by atoms with E-state index in [1.807, 2.05) is 12.1 Å². The molecule has 0 radical (unpaired) electrons. The first kappa shape index (κ1) is 8.75. The van der Waals surface area contributed by atoms with Gasteiger partial charge in [0.2, 0.25) is 0 Å². The summed E-state index contributed by atoms with van der Waals surface area (Å²) >= 11 is 8.83. The Morgan fingerprint density at radius 3 is 2.82 bits per heavy atom. The Kier molecular flexibility index (Phi) is 3.09. The van der Waals surface area contributed by atoms with Gasteiger partial charge in [0.1, 0.15) is 4.60 Å². The number of rotatable bonds is 2. The standard InChI is InChI=1S/C8H7BrClN/c1-6(4-10)7-2-3-8(9)11-5-7/h2-3,5H,1,4H2. The number of hydrogen-bond donors (Lipinski definition) is 0. The molecule has 0 N–H and O–H groups in total. The zero-order valence-electron chi connectivity index (χ0n) is 5.85. The summed E-state index contributed by atoms with van der Waals surface area (Å²) in [5, 5.41) is 0. The fourth-order valence-corrected chi connectivity index (χ4v) is 1.05. The number of alkyl halides is 1. The lowest BCUT2D eigenvalue weighted by Crippen LogP contribution is -1.85. The van der Waals surface area contributed by atoms with Crippen molar-refractivity contribution in [2.24, 2.45) is 0 Å². The summed E-state index contributed by atoms with van der Waals surface area (Å²) < 4.78 is 0.823. The lowest BCUT2D eigenvalue weighted by Gasteiger charge is -1.99. The van der Waals surface area contributed by atoms with Crippen molar-refractivity contribution >= 4 is 33.1 Å².